The molecular weight excluding hydrogens is 270 g/mol. The molecule has 98 valence electrons. The van der Waals surface area contributed by atoms with Crippen molar-refractivity contribution in [1.29, 1.82) is 0 Å². The SMILES string of the molecule is Nc1cc(-c2ccc(Cl)cc2)nc(-c2ccccc2)n1. The molecule has 4 heteroatoms. The lowest BCUT2D eigenvalue weighted by Crippen LogP contribution is -1.97. The molecule has 2 N–H and O–H groups in total. The number of aromatic nitrogens is 2. The van der Waals surface area contributed by atoms with Crippen LogP contribution in [0.2, 0.25) is 5.02 Å². The van der Waals surface area contributed by atoms with Gasteiger partial charge in [0.1, 0.15) is 5.82 Å². The van der Waals surface area contributed by atoms with Crippen LogP contribution in [-0.2, 0) is 0 Å². The number of hydrogen-bond acceptors (Lipinski definition) is 3. The number of anilines is 1. The van der Waals surface area contributed by atoms with Gasteiger partial charge in [-0.25, -0.2) is 9.97 Å². The van der Waals surface area contributed by atoms with Crippen LogP contribution >= 0.6 is 11.6 Å². The summed E-state index contributed by atoms with van der Waals surface area (Å²) in [6.45, 7) is 0. The first kappa shape index (κ1) is 12.6. The molecular formula is C16H12ClN3. The van der Waals surface area contributed by atoms with Gasteiger partial charge in [0.25, 0.3) is 0 Å². The van der Waals surface area contributed by atoms with Gasteiger partial charge in [0.2, 0.25) is 0 Å². The molecule has 0 radical (unpaired) electrons. The molecule has 2 aromatic carbocycles. The van der Waals surface area contributed by atoms with Crippen molar-refractivity contribution in [1.82, 2.24) is 9.97 Å². The monoisotopic (exact) mass is 281 g/mol. The van der Waals surface area contributed by atoms with Crippen LogP contribution in [0, 0.1) is 0 Å². The normalized spacial score (nSPS) is 10.4. The number of rotatable bonds is 2. The van der Waals surface area contributed by atoms with Crippen molar-refractivity contribution in [3.05, 3.63) is 65.7 Å². The predicted octanol–water partition coefficient (Wildman–Crippen LogP) is 4.05. The zero-order chi connectivity index (χ0) is 13.9. The smallest absolute Gasteiger partial charge is 0.162 e. The Labute approximate surface area is 122 Å². The summed E-state index contributed by atoms with van der Waals surface area (Å²) < 4.78 is 0. The van der Waals surface area contributed by atoms with Crippen LogP contribution in [-0.4, -0.2) is 9.97 Å². The van der Waals surface area contributed by atoms with Crippen LogP contribution in [0.3, 0.4) is 0 Å². The Kier molecular flexibility index (Phi) is 3.35. The van der Waals surface area contributed by atoms with Crippen LogP contribution in [0.5, 0.6) is 0 Å². The van der Waals surface area contributed by atoms with Gasteiger partial charge in [0, 0.05) is 22.2 Å². The minimum Gasteiger partial charge on any atom is -0.384 e. The summed E-state index contributed by atoms with van der Waals surface area (Å²) >= 11 is 5.90. The third-order valence-corrected chi connectivity index (χ3v) is 3.17. The molecule has 0 bridgehead atoms. The van der Waals surface area contributed by atoms with Crippen LogP contribution in [0.4, 0.5) is 5.82 Å². The van der Waals surface area contributed by atoms with E-state index < -0.39 is 0 Å². The number of hydrogen-bond donors (Lipinski definition) is 1. The fourth-order valence-corrected chi connectivity index (χ4v) is 2.08. The molecule has 0 atom stereocenters. The van der Waals surface area contributed by atoms with E-state index >= 15 is 0 Å². The Morgan fingerprint density at radius 3 is 2.20 bits per heavy atom. The van der Waals surface area contributed by atoms with Gasteiger partial charge in [-0.15, -0.1) is 0 Å². The van der Waals surface area contributed by atoms with Crippen LogP contribution < -0.4 is 5.73 Å². The number of halogens is 1. The maximum absolute atomic E-state index is 5.90. The summed E-state index contributed by atoms with van der Waals surface area (Å²) in [5.74, 6) is 1.07. The van der Waals surface area contributed by atoms with Gasteiger partial charge in [-0.05, 0) is 12.1 Å². The lowest BCUT2D eigenvalue weighted by atomic mass is 10.1. The van der Waals surface area contributed by atoms with Crippen molar-refractivity contribution >= 4 is 17.4 Å². The van der Waals surface area contributed by atoms with E-state index in [1.807, 2.05) is 54.6 Å². The standard InChI is InChI=1S/C16H12ClN3/c17-13-8-6-11(7-9-13)14-10-15(18)20-16(19-14)12-4-2-1-3-5-12/h1-10H,(H2,18,19,20). The summed E-state index contributed by atoms with van der Waals surface area (Å²) in [6.07, 6.45) is 0. The van der Waals surface area contributed by atoms with Gasteiger partial charge < -0.3 is 5.73 Å². The number of nitrogens with zero attached hydrogens (tertiary/aromatic N) is 2. The van der Waals surface area contributed by atoms with Gasteiger partial charge in [-0.1, -0.05) is 54.1 Å². The second kappa shape index (κ2) is 5.31. The van der Waals surface area contributed by atoms with E-state index in [-0.39, 0.29) is 0 Å². The summed E-state index contributed by atoms with van der Waals surface area (Å²) in [7, 11) is 0. The van der Waals surface area contributed by atoms with Crippen molar-refractivity contribution in [3.63, 3.8) is 0 Å². The van der Waals surface area contributed by atoms with E-state index in [1.54, 1.807) is 6.07 Å². The molecule has 0 unspecified atom stereocenters. The Balaban J connectivity index is 2.09. The molecule has 1 aromatic heterocycles. The van der Waals surface area contributed by atoms with Gasteiger partial charge in [0.15, 0.2) is 5.82 Å². The molecule has 3 nitrogen and oxygen atoms in total. The van der Waals surface area contributed by atoms with Gasteiger partial charge in [-0.2, -0.15) is 0 Å². The first-order chi connectivity index (χ1) is 9.72. The number of nitrogens with two attached hydrogens (primary N) is 1. The summed E-state index contributed by atoms with van der Waals surface area (Å²) in [6, 6.07) is 19.0. The average molecular weight is 282 g/mol. The third-order valence-electron chi connectivity index (χ3n) is 2.92. The third kappa shape index (κ3) is 2.63. The van der Waals surface area contributed by atoms with E-state index in [0.29, 0.717) is 16.7 Å². The Morgan fingerprint density at radius 2 is 1.50 bits per heavy atom. The van der Waals surface area contributed by atoms with Crippen molar-refractivity contribution < 1.29 is 0 Å². The van der Waals surface area contributed by atoms with E-state index in [2.05, 4.69) is 9.97 Å². The van der Waals surface area contributed by atoms with Gasteiger partial charge in [0.05, 0.1) is 5.69 Å². The molecule has 20 heavy (non-hydrogen) atoms. The lowest BCUT2D eigenvalue weighted by Gasteiger charge is -2.06. The first-order valence-corrected chi connectivity index (χ1v) is 6.56. The van der Waals surface area contributed by atoms with Crippen molar-refractivity contribution in [2.24, 2.45) is 0 Å². The van der Waals surface area contributed by atoms with Crippen LogP contribution in [0.15, 0.2) is 60.7 Å². The fourth-order valence-electron chi connectivity index (χ4n) is 1.95. The Morgan fingerprint density at radius 1 is 0.800 bits per heavy atom. The van der Waals surface area contributed by atoms with Crippen LogP contribution in [0.25, 0.3) is 22.6 Å². The summed E-state index contributed by atoms with van der Waals surface area (Å²) in [5.41, 5.74) is 8.57. The highest BCUT2D eigenvalue weighted by Crippen LogP contribution is 2.24. The topological polar surface area (TPSA) is 51.8 Å². The van der Waals surface area contributed by atoms with Crippen molar-refractivity contribution in [2.45, 2.75) is 0 Å². The maximum atomic E-state index is 5.90. The maximum Gasteiger partial charge on any atom is 0.162 e. The Hall–Kier alpha value is -2.39. The molecule has 3 aromatic rings. The minimum atomic E-state index is 0.448. The van der Waals surface area contributed by atoms with E-state index in [9.17, 15) is 0 Å². The molecule has 0 amide bonds. The van der Waals surface area contributed by atoms with Gasteiger partial charge in [-0.3, -0.25) is 0 Å². The highest BCUT2D eigenvalue weighted by Gasteiger charge is 2.07. The second-order valence-electron chi connectivity index (χ2n) is 4.37. The molecule has 0 fully saturated rings. The zero-order valence-electron chi connectivity index (χ0n) is 10.6. The summed E-state index contributed by atoms with van der Waals surface area (Å²) in [5, 5.41) is 0.694. The number of benzene rings is 2. The molecule has 0 aliphatic carbocycles. The second-order valence-corrected chi connectivity index (χ2v) is 4.81. The molecule has 1 heterocycles. The molecule has 0 saturated heterocycles. The highest BCUT2D eigenvalue weighted by molar-refractivity contribution is 6.30. The Bertz CT molecular complexity index is 724. The number of nitrogen functional groups attached to an aromatic ring is 1. The van der Waals surface area contributed by atoms with Crippen LogP contribution in [0.1, 0.15) is 0 Å². The molecule has 0 aliphatic rings. The molecule has 0 aliphatic heterocycles. The van der Waals surface area contributed by atoms with Crippen molar-refractivity contribution in [2.75, 3.05) is 5.73 Å². The molecule has 0 spiro atoms. The lowest BCUT2D eigenvalue weighted by molar-refractivity contribution is 1.19. The summed E-state index contributed by atoms with van der Waals surface area (Å²) in [4.78, 5) is 8.86. The van der Waals surface area contributed by atoms with E-state index in [1.165, 1.54) is 0 Å². The highest BCUT2D eigenvalue weighted by atomic mass is 35.5. The largest absolute Gasteiger partial charge is 0.384 e. The minimum absolute atomic E-state index is 0.448. The van der Waals surface area contributed by atoms with E-state index in [4.69, 9.17) is 17.3 Å². The average Bonchev–Trinajstić information content (AvgIpc) is 2.48. The van der Waals surface area contributed by atoms with Crippen molar-refractivity contribution in [3.8, 4) is 22.6 Å². The molecule has 3 rings (SSSR count). The molecule has 0 saturated carbocycles. The fraction of sp³-hybridized carbons (Fsp3) is 0. The predicted molar refractivity (Wildman–Crippen MR) is 82.3 cm³/mol. The zero-order valence-corrected chi connectivity index (χ0v) is 11.4. The van der Waals surface area contributed by atoms with Gasteiger partial charge >= 0.3 is 0 Å². The van der Waals surface area contributed by atoms with E-state index in [0.717, 1.165) is 16.8 Å². The quantitative estimate of drug-likeness (QED) is 0.771. The first-order valence-electron chi connectivity index (χ1n) is 6.18.